The van der Waals surface area contributed by atoms with Crippen molar-refractivity contribution in [2.24, 2.45) is 17.3 Å². The summed E-state index contributed by atoms with van der Waals surface area (Å²) >= 11 is 0. The van der Waals surface area contributed by atoms with Crippen molar-refractivity contribution < 1.29 is 4.79 Å². The Morgan fingerprint density at radius 2 is 2.19 bits per heavy atom. The van der Waals surface area contributed by atoms with Gasteiger partial charge in [-0.2, -0.15) is 0 Å². The Morgan fingerprint density at radius 1 is 1.31 bits per heavy atom. The second-order valence-corrected chi connectivity index (χ2v) is 6.00. The number of ketones is 1. The molecule has 0 aromatic heterocycles. The van der Waals surface area contributed by atoms with Crippen molar-refractivity contribution in [3.05, 3.63) is 23.8 Å². The van der Waals surface area contributed by atoms with Crippen LogP contribution in [0.2, 0.25) is 0 Å². The first-order chi connectivity index (χ1) is 7.69. The predicted molar refractivity (Wildman–Crippen MR) is 65.0 cm³/mol. The van der Waals surface area contributed by atoms with Crippen LogP contribution in [0.15, 0.2) is 23.8 Å². The standard InChI is InChI=1S/C15H20O/c1-15-8-3-2-4-14(15)13-6-5-12(16)10-11(13)7-9-15/h2-3,10,13-14H,4-9H2,1H3. The van der Waals surface area contributed by atoms with Gasteiger partial charge in [-0.1, -0.05) is 24.6 Å². The molecule has 3 atom stereocenters. The van der Waals surface area contributed by atoms with Crippen molar-refractivity contribution >= 4 is 5.78 Å². The molecule has 0 aromatic carbocycles. The van der Waals surface area contributed by atoms with E-state index in [0.29, 0.717) is 17.1 Å². The topological polar surface area (TPSA) is 17.1 Å². The number of carbonyl (C=O) groups excluding carboxylic acids is 1. The summed E-state index contributed by atoms with van der Waals surface area (Å²) in [6.07, 6.45) is 13.5. The fourth-order valence-electron chi connectivity index (χ4n) is 3.98. The summed E-state index contributed by atoms with van der Waals surface area (Å²) in [4.78, 5) is 11.5. The molecule has 0 amide bonds. The minimum Gasteiger partial charge on any atom is -0.295 e. The van der Waals surface area contributed by atoms with Crippen LogP contribution in [0.4, 0.5) is 0 Å². The number of hydrogen-bond acceptors (Lipinski definition) is 1. The second kappa shape index (κ2) is 3.58. The lowest BCUT2D eigenvalue weighted by molar-refractivity contribution is -0.115. The Kier molecular flexibility index (Phi) is 2.31. The lowest BCUT2D eigenvalue weighted by Gasteiger charge is -2.49. The molecule has 1 fully saturated rings. The smallest absolute Gasteiger partial charge is 0.155 e. The molecule has 3 rings (SSSR count). The van der Waals surface area contributed by atoms with Crippen LogP contribution in [0.25, 0.3) is 0 Å². The second-order valence-electron chi connectivity index (χ2n) is 6.00. The molecule has 3 aliphatic carbocycles. The van der Waals surface area contributed by atoms with Gasteiger partial charge in [-0.05, 0) is 55.4 Å². The summed E-state index contributed by atoms with van der Waals surface area (Å²) in [7, 11) is 0. The fourth-order valence-corrected chi connectivity index (χ4v) is 3.98. The van der Waals surface area contributed by atoms with Crippen molar-refractivity contribution in [2.45, 2.75) is 45.4 Å². The molecule has 0 spiro atoms. The maximum atomic E-state index is 11.5. The van der Waals surface area contributed by atoms with Crippen molar-refractivity contribution in [3.63, 3.8) is 0 Å². The van der Waals surface area contributed by atoms with E-state index in [4.69, 9.17) is 0 Å². The van der Waals surface area contributed by atoms with E-state index in [-0.39, 0.29) is 0 Å². The molecule has 0 aliphatic heterocycles. The minimum absolute atomic E-state index is 0.362. The number of rotatable bonds is 0. The summed E-state index contributed by atoms with van der Waals surface area (Å²) in [5.41, 5.74) is 1.98. The molecule has 86 valence electrons. The van der Waals surface area contributed by atoms with Gasteiger partial charge in [0, 0.05) is 6.42 Å². The van der Waals surface area contributed by atoms with Crippen LogP contribution in [0.5, 0.6) is 0 Å². The van der Waals surface area contributed by atoms with Crippen molar-refractivity contribution in [1.29, 1.82) is 0 Å². The summed E-state index contributed by atoms with van der Waals surface area (Å²) in [5, 5.41) is 0. The molecule has 3 unspecified atom stereocenters. The highest BCUT2D eigenvalue weighted by atomic mass is 16.1. The van der Waals surface area contributed by atoms with Gasteiger partial charge in [-0.3, -0.25) is 4.79 Å². The highest BCUT2D eigenvalue weighted by Crippen LogP contribution is 2.54. The van der Waals surface area contributed by atoms with Crippen LogP contribution in [0.3, 0.4) is 0 Å². The van der Waals surface area contributed by atoms with Gasteiger partial charge in [0.05, 0.1) is 0 Å². The van der Waals surface area contributed by atoms with E-state index in [1.54, 1.807) is 0 Å². The average molecular weight is 216 g/mol. The SMILES string of the molecule is CC12CC=CCC1C1CCC(=O)C=C1CC2. The molecule has 0 bridgehead atoms. The number of carbonyl (C=O) groups is 1. The molecule has 16 heavy (non-hydrogen) atoms. The molecule has 1 heteroatoms. The summed E-state index contributed by atoms with van der Waals surface area (Å²) in [6.45, 7) is 2.45. The lowest BCUT2D eigenvalue weighted by Crippen LogP contribution is -2.40. The molecule has 0 aromatic rings. The van der Waals surface area contributed by atoms with Gasteiger partial charge in [0.1, 0.15) is 0 Å². The van der Waals surface area contributed by atoms with Crippen LogP contribution in [0, 0.1) is 17.3 Å². The first kappa shape index (κ1) is 10.3. The van der Waals surface area contributed by atoms with E-state index < -0.39 is 0 Å². The maximum Gasteiger partial charge on any atom is 0.155 e. The van der Waals surface area contributed by atoms with Gasteiger partial charge in [-0.25, -0.2) is 0 Å². The van der Waals surface area contributed by atoms with Gasteiger partial charge in [-0.15, -0.1) is 0 Å². The quantitative estimate of drug-likeness (QED) is 0.565. The molecular formula is C15H20O. The van der Waals surface area contributed by atoms with Crippen LogP contribution < -0.4 is 0 Å². The normalized spacial score (nSPS) is 42.3. The van der Waals surface area contributed by atoms with E-state index >= 15 is 0 Å². The van der Waals surface area contributed by atoms with Crippen molar-refractivity contribution in [2.75, 3.05) is 0 Å². The van der Waals surface area contributed by atoms with Gasteiger partial charge < -0.3 is 0 Å². The van der Waals surface area contributed by atoms with Gasteiger partial charge >= 0.3 is 0 Å². The lowest BCUT2D eigenvalue weighted by atomic mass is 9.55. The van der Waals surface area contributed by atoms with Crippen LogP contribution >= 0.6 is 0 Å². The van der Waals surface area contributed by atoms with Crippen LogP contribution in [0.1, 0.15) is 45.4 Å². The van der Waals surface area contributed by atoms with E-state index in [9.17, 15) is 4.79 Å². The fraction of sp³-hybridized carbons (Fsp3) is 0.667. The molecule has 1 saturated carbocycles. The van der Waals surface area contributed by atoms with E-state index in [1.807, 2.05) is 6.08 Å². The first-order valence-electron chi connectivity index (χ1n) is 6.57. The van der Waals surface area contributed by atoms with Gasteiger partial charge in [0.15, 0.2) is 5.78 Å². The van der Waals surface area contributed by atoms with E-state index in [1.165, 1.54) is 24.8 Å². The molecule has 0 heterocycles. The monoisotopic (exact) mass is 216 g/mol. The van der Waals surface area contributed by atoms with Crippen molar-refractivity contribution in [1.82, 2.24) is 0 Å². The van der Waals surface area contributed by atoms with Crippen LogP contribution in [-0.4, -0.2) is 5.78 Å². The average Bonchev–Trinajstić information content (AvgIpc) is 2.28. The zero-order chi connectivity index (χ0) is 11.2. The minimum atomic E-state index is 0.362. The van der Waals surface area contributed by atoms with E-state index in [2.05, 4.69) is 19.1 Å². The Hall–Kier alpha value is -0.850. The third kappa shape index (κ3) is 1.49. The van der Waals surface area contributed by atoms with Gasteiger partial charge in [0.2, 0.25) is 0 Å². The number of fused-ring (bicyclic) bond motifs is 3. The zero-order valence-corrected chi connectivity index (χ0v) is 10.0. The Bertz CT molecular complexity index is 377. The molecule has 0 N–H and O–H groups in total. The van der Waals surface area contributed by atoms with Crippen LogP contribution in [-0.2, 0) is 4.79 Å². The first-order valence-corrected chi connectivity index (χ1v) is 6.57. The Labute approximate surface area is 97.6 Å². The largest absolute Gasteiger partial charge is 0.295 e. The summed E-state index contributed by atoms with van der Waals surface area (Å²) in [6, 6.07) is 0. The number of hydrogen-bond donors (Lipinski definition) is 0. The zero-order valence-electron chi connectivity index (χ0n) is 10.0. The molecule has 0 saturated heterocycles. The highest BCUT2D eigenvalue weighted by Gasteiger charge is 2.44. The molecule has 0 radical (unpaired) electrons. The maximum absolute atomic E-state index is 11.5. The summed E-state index contributed by atoms with van der Waals surface area (Å²) < 4.78 is 0. The summed E-state index contributed by atoms with van der Waals surface area (Å²) in [5.74, 6) is 1.87. The van der Waals surface area contributed by atoms with Crippen molar-refractivity contribution in [3.8, 4) is 0 Å². The number of allylic oxidation sites excluding steroid dienone is 4. The Balaban J connectivity index is 1.94. The Morgan fingerprint density at radius 3 is 3.06 bits per heavy atom. The van der Waals surface area contributed by atoms with Gasteiger partial charge in [0.25, 0.3) is 0 Å². The molecular weight excluding hydrogens is 196 g/mol. The highest BCUT2D eigenvalue weighted by molar-refractivity contribution is 5.91. The molecule has 1 nitrogen and oxygen atoms in total. The van der Waals surface area contributed by atoms with E-state index in [0.717, 1.165) is 25.2 Å². The predicted octanol–water partition coefficient (Wildman–Crippen LogP) is 3.66. The third-order valence-corrected chi connectivity index (χ3v) is 5.03. The third-order valence-electron chi connectivity index (χ3n) is 5.03. The molecule has 3 aliphatic rings.